The fourth-order valence-electron chi connectivity index (χ4n) is 0. The molecule has 0 fully saturated rings. The van der Waals surface area contributed by atoms with E-state index in [1.807, 2.05) is 0 Å². The Morgan fingerprint density at radius 1 is 1.00 bits per heavy atom. The summed E-state index contributed by atoms with van der Waals surface area (Å²) in [6.07, 6.45) is 0. The second kappa shape index (κ2) is 39.7. The maximum absolute atomic E-state index is 0. The third-order valence-electron chi connectivity index (χ3n) is 0. The van der Waals surface area contributed by atoms with Crippen LogP contribution in [0.5, 0.6) is 0 Å². The molecule has 0 aromatic heterocycles. The van der Waals surface area contributed by atoms with Crippen LogP contribution in [0, 0.1) is 0 Å². The molecule has 0 saturated carbocycles. The van der Waals surface area contributed by atoms with E-state index in [9.17, 15) is 0 Å². The van der Waals surface area contributed by atoms with Gasteiger partial charge in [0.1, 0.15) is 0 Å². The Labute approximate surface area is 48.2 Å². The zero-order chi connectivity index (χ0) is 0. The van der Waals surface area contributed by atoms with Gasteiger partial charge in [-0.05, 0) is 0 Å². The van der Waals surface area contributed by atoms with Crippen LogP contribution in [0.15, 0.2) is 0 Å². The third kappa shape index (κ3) is 12.8. The fourth-order valence-corrected chi connectivity index (χ4v) is 0. The summed E-state index contributed by atoms with van der Waals surface area (Å²) in [4.78, 5) is 0. The van der Waals surface area contributed by atoms with Gasteiger partial charge in [-0.1, -0.05) is 0 Å². The second-order valence-corrected chi connectivity index (χ2v) is 0. The van der Waals surface area contributed by atoms with Crippen molar-refractivity contribution in [2.75, 3.05) is 0 Å². The van der Waals surface area contributed by atoms with Crippen molar-refractivity contribution >= 4 is 35.5 Å². The Bertz CT molecular complexity index is 11.5. The molecule has 0 aliphatic rings. The van der Waals surface area contributed by atoms with Crippen molar-refractivity contribution in [2.45, 2.75) is 0 Å². The number of halogens is 3. The monoisotopic (exact) mass is 102 g/mol. The first-order chi connectivity index (χ1) is 0. The summed E-state index contributed by atoms with van der Waals surface area (Å²) in [7, 11) is 0. The molecule has 0 radical (unpaired) electrons. The topological polar surface area (TPSA) is 0 Å². The molecular weight excluding hydrogens is 97.8 g/mol. The van der Waals surface area contributed by atoms with Gasteiger partial charge in [-0.25, -0.2) is 0 Å². The number of hydrogen-bond acceptors (Lipinski definition) is 0. The minimum atomic E-state index is 0. The van der Waals surface area contributed by atoms with Gasteiger partial charge in [-0.3, -0.25) is 9.41 Å². The zero-order valence-corrected chi connectivity index (χ0v) is 4.16. The van der Waals surface area contributed by atoms with Gasteiger partial charge in [0.25, 0.3) is 0 Å². The summed E-state index contributed by atoms with van der Waals surface area (Å²) in [6, 6.07) is 0. The van der Waals surface area contributed by atoms with E-state index >= 15 is 0 Å². The van der Waals surface area contributed by atoms with Gasteiger partial charge in [-0.2, -0.15) is 0 Å². The normalized spacial score (nSPS) is 0. The molecule has 0 aliphatic heterocycles. The molecule has 4 heavy (non-hydrogen) atoms. The molecule has 0 bridgehead atoms. The Balaban J connectivity index is 0. The summed E-state index contributed by atoms with van der Waals surface area (Å²) in [5, 5.41) is 0. The molecule has 0 aliphatic carbocycles. The molecule has 0 aromatic rings. The van der Waals surface area contributed by atoms with Crippen molar-refractivity contribution in [1.82, 2.24) is 0 Å². The van der Waals surface area contributed by atoms with Crippen molar-refractivity contribution in [3.8, 4) is 0 Å². The van der Waals surface area contributed by atoms with Crippen LogP contribution in [0.2, 0.25) is 0 Å². The Morgan fingerprint density at radius 2 is 1.00 bits per heavy atom. The smallest absolute Gasteiger partial charge is 1.00 e. The van der Waals surface area contributed by atoms with Crippen LogP contribution >= 0.6 is 12.4 Å². The van der Waals surface area contributed by atoms with E-state index in [1.54, 1.807) is 0 Å². The molecule has 0 rings (SSSR count). The van der Waals surface area contributed by atoms with Crippen LogP contribution in [0.25, 0.3) is 0 Å². The van der Waals surface area contributed by atoms with E-state index in [-0.39, 0.29) is 47.7 Å². The molecule has 0 aromatic carbocycles. The van der Waals surface area contributed by atoms with Crippen molar-refractivity contribution in [3.05, 3.63) is 0 Å². The average Bonchev–Trinajstić information content (AvgIpc) is 0. The average molecular weight is 103 g/mol. The molecule has 0 unspecified atom stereocenters. The summed E-state index contributed by atoms with van der Waals surface area (Å²) in [6.45, 7) is 0. The Morgan fingerprint density at radius 3 is 1.00 bits per heavy atom. The van der Waals surface area contributed by atoms with Crippen LogP contribution in [0.1, 0.15) is 2.85 Å². The van der Waals surface area contributed by atoms with Gasteiger partial charge in [0.15, 0.2) is 0 Å². The molecule has 0 nitrogen and oxygen atoms in total. The molecule has 0 saturated heterocycles. The predicted molar refractivity (Wildman–Crippen MR) is 20.2 cm³/mol. The van der Waals surface area contributed by atoms with Crippen molar-refractivity contribution in [3.63, 3.8) is 0 Å². The van der Waals surface area contributed by atoms with Gasteiger partial charge in [0.05, 0.1) is 0 Å². The van der Waals surface area contributed by atoms with Gasteiger partial charge >= 0.3 is 23.1 Å². The van der Waals surface area contributed by atoms with Crippen molar-refractivity contribution in [2.24, 2.45) is 0 Å². The van der Waals surface area contributed by atoms with Crippen LogP contribution in [-0.2, 0) is 0 Å². The summed E-state index contributed by atoms with van der Waals surface area (Å²) >= 11 is 0. The van der Waals surface area contributed by atoms with Crippen LogP contribution in [0.4, 0.5) is 9.41 Å². The quantitative estimate of drug-likeness (QED) is 0.393. The fraction of sp³-hybridized carbons (Fsp3) is 0. The minimum Gasteiger partial charge on any atom is -1.00 e. The standard InChI is InChI=1S/ClH.2FH.Mg.2H/h3*1H;;;/q;;;+2;2*-1. The first-order valence-corrected chi connectivity index (χ1v) is 0. The van der Waals surface area contributed by atoms with E-state index in [0.717, 1.165) is 0 Å². The van der Waals surface area contributed by atoms with E-state index in [0.29, 0.717) is 0 Å². The number of rotatable bonds is 0. The Kier molecular flexibility index (Phi) is 891. The molecule has 4 heteroatoms. The molecule has 0 atom stereocenters. The molecule has 0 spiro atoms. The summed E-state index contributed by atoms with van der Waals surface area (Å²) in [5.41, 5.74) is 0. The predicted octanol–water partition coefficient (Wildman–Crippen LogP) is 0.571. The van der Waals surface area contributed by atoms with Crippen LogP contribution in [-0.4, -0.2) is 23.1 Å². The zero-order valence-electron chi connectivity index (χ0n) is 3.93. The van der Waals surface area contributed by atoms with Crippen molar-refractivity contribution in [1.29, 1.82) is 0 Å². The first kappa shape index (κ1) is 89.8. The largest absolute Gasteiger partial charge is 2.00 e. The van der Waals surface area contributed by atoms with Crippen LogP contribution < -0.4 is 0 Å². The molecule has 0 heterocycles. The minimum absolute atomic E-state index is 0. The summed E-state index contributed by atoms with van der Waals surface area (Å²) in [5.74, 6) is 0. The van der Waals surface area contributed by atoms with E-state index in [1.165, 1.54) is 0 Å². The molecule has 0 N–H and O–H groups in total. The van der Waals surface area contributed by atoms with Crippen LogP contribution in [0.3, 0.4) is 0 Å². The number of hydrogen-bond donors (Lipinski definition) is 0. The summed E-state index contributed by atoms with van der Waals surface area (Å²) < 4.78 is 0. The first-order valence-electron chi connectivity index (χ1n) is 0. The van der Waals surface area contributed by atoms with Crippen molar-refractivity contribution < 1.29 is 12.3 Å². The van der Waals surface area contributed by atoms with Gasteiger partial charge in [0.2, 0.25) is 0 Å². The maximum Gasteiger partial charge on any atom is 2.00 e. The molecular formula is H5ClF2Mg. The third-order valence-corrected chi connectivity index (χ3v) is 0. The van der Waals surface area contributed by atoms with Gasteiger partial charge < -0.3 is 2.85 Å². The van der Waals surface area contributed by atoms with Gasteiger partial charge in [0, 0.05) is 0 Å². The molecule has 0 amide bonds. The SMILES string of the molecule is Cl.F.F.[H-].[H-].[Mg+2]. The Hall–Kier alpha value is 0.916. The second-order valence-electron chi connectivity index (χ2n) is 0. The van der Waals surface area contributed by atoms with E-state index in [2.05, 4.69) is 0 Å². The van der Waals surface area contributed by atoms with E-state index in [4.69, 9.17) is 0 Å². The van der Waals surface area contributed by atoms with E-state index < -0.39 is 0 Å². The maximum atomic E-state index is 0. The van der Waals surface area contributed by atoms with Gasteiger partial charge in [-0.15, -0.1) is 12.4 Å². The molecule has 28 valence electrons.